The van der Waals surface area contributed by atoms with Crippen molar-refractivity contribution in [2.75, 3.05) is 0 Å². The lowest BCUT2D eigenvalue weighted by molar-refractivity contribution is 0.647. The molecule has 0 fully saturated rings. The third-order valence-corrected chi connectivity index (χ3v) is 1.62. The number of nitrogens with one attached hydrogen (secondary N) is 1. The van der Waals surface area contributed by atoms with Gasteiger partial charge in [0.15, 0.2) is 0 Å². The van der Waals surface area contributed by atoms with Crippen LogP contribution in [0.15, 0.2) is 12.4 Å². The second-order valence-electron chi connectivity index (χ2n) is 2.79. The zero-order valence-corrected chi connectivity index (χ0v) is 7.41. The van der Waals surface area contributed by atoms with Crippen LogP contribution in [-0.4, -0.2) is 15.8 Å². The molecule has 0 radical (unpaired) electrons. The van der Waals surface area contributed by atoms with Gasteiger partial charge < -0.3 is 0 Å². The van der Waals surface area contributed by atoms with Gasteiger partial charge in [-0.05, 0) is 6.92 Å². The monoisotopic (exact) mass is 163 g/mol. The van der Waals surface area contributed by atoms with Crippen molar-refractivity contribution in [2.24, 2.45) is 7.05 Å². The van der Waals surface area contributed by atoms with Gasteiger partial charge in [0.2, 0.25) is 0 Å². The molecule has 64 valence electrons. The molecule has 1 atom stereocenters. The molecule has 3 nitrogen and oxygen atoms in total. The van der Waals surface area contributed by atoms with Gasteiger partial charge in [-0.25, -0.2) is 0 Å². The molecule has 0 spiro atoms. The summed E-state index contributed by atoms with van der Waals surface area (Å²) < 4.78 is 1.78. The summed E-state index contributed by atoms with van der Waals surface area (Å²) in [5.41, 5.74) is 1.15. The van der Waals surface area contributed by atoms with E-state index in [0.717, 1.165) is 12.1 Å². The van der Waals surface area contributed by atoms with Crippen molar-refractivity contribution >= 4 is 0 Å². The van der Waals surface area contributed by atoms with Gasteiger partial charge in [-0.2, -0.15) is 5.10 Å². The number of hydrogen-bond donors (Lipinski definition) is 1. The maximum Gasteiger partial charge on any atom is 0.0660 e. The number of rotatable bonds is 3. The van der Waals surface area contributed by atoms with Crippen molar-refractivity contribution in [1.29, 1.82) is 0 Å². The fraction of sp³-hybridized carbons (Fsp3) is 0.444. The molecule has 0 aliphatic carbocycles. The first-order chi connectivity index (χ1) is 5.72. The third kappa shape index (κ3) is 2.40. The molecule has 1 aromatic heterocycles. The highest BCUT2D eigenvalue weighted by Crippen LogP contribution is 1.95. The van der Waals surface area contributed by atoms with Gasteiger partial charge in [-0.1, -0.05) is 5.92 Å². The first-order valence-corrected chi connectivity index (χ1v) is 3.89. The molecule has 1 heterocycles. The molecule has 1 rings (SSSR count). The standard InChI is InChI=1S/C9H13N3/c1-4-8(2)10-5-9-6-11-12(3)7-9/h1,6-8,10H,5H2,2-3H3. The predicted octanol–water partition coefficient (Wildman–Crippen LogP) is 0.531. The molecule has 12 heavy (non-hydrogen) atoms. The van der Waals surface area contributed by atoms with E-state index in [-0.39, 0.29) is 6.04 Å². The van der Waals surface area contributed by atoms with Crippen LogP contribution in [0.4, 0.5) is 0 Å². The SMILES string of the molecule is C#CC(C)NCc1cnn(C)c1. The second kappa shape index (κ2) is 3.93. The quantitative estimate of drug-likeness (QED) is 0.659. The molecule has 1 aromatic rings. The van der Waals surface area contributed by atoms with E-state index in [4.69, 9.17) is 6.42 Å². The van der Waals surface area contributed by atoms with E-state index in [1.165, 1.54) is 0 Å². The van der Waals surface area contributed by atoms with Crippen molar-refractivity contribution in [1.82, 2.24) is 15.1 Å². The zero-order valence-electron chi connectivity index (χ0n) is 7.41. The Morgan fingerprint density at radius 3 is 3.08 bits per heavy atom. The van der Waals surface area contributed by atoms with Gasteiger partial charge in [0.1, 0.15) is 0 Å². The molecule has 3 heteroatoms. The molecule has 0 aliphatic rings. The molecule has 0 saturated heterocycles. The van der Waals surface area contributed by atoms with Crippen LogP contribution < -0.4 is 5.32 Å². The van der Waals surface area contributed by atoms with Crippen LogP contribution in [0.5, 0.6) is 0 Å². The van der Waals surface area contributed by atoms with E-state index in [0.29, 0.717) is 0 Å². The fourth-order valence-corrected chi connectivity index (χ4v) is 0.893. The molecule has 0 aliphatic heterocycles. The Hall–Kier alpha value is -1.27. The maximum absolute atomic E-state index is 5.21. The smallest absolute Gasteiger partial charge is 0.0660 e. The van der Waals surface area contributed by atoms with Gasteiger partial charge in [-0.15, -0.1) is 6.42 Å². The summed E-state index contributed by atoms with van der Waals surface area (Å²) in [6.07, 6.45) is 9.01. The number of nitrogens with zero attached hydrogens (tertiary/aromatic N) is 2. The fourth-order valence-electron chi connectivity index (χ4n) is 0.893. The Morgan fingerprint density at radius 1 is 1.83 bits per heavy atom. The number of aromatic nitrogens is 2. The van der Waals surface area contributed by atoms with Crippen molar-refractivity contribution < 1.29 is 0 Å². The van der Waals surface area contributed by atoms with Crippen LogP contribution in [-0.2, 0) is 13.6 Å². The van der Waals surface area contributed by atoms with Gasteiger partial charge >= 0.3 is 0 Å². The predicted molar refractivity (Wildman–Crippen MR) is 48.3 cm³/mol. The Morgan fingerprint density at radius 2 is 2.58 bits per heavy atom. The summed E-state index contributed by atoms with van der Waals surface area (Å²) in [6.45, 7) is 2.73. The summed E-state index contributed by atoms with van der Waals surface area (Å²) in [5, 5.41) is 7.22. The Kier molecular flexibility index (Phi) is 2.89. The van der Waals surface area contributed by atoms with Gasteiger partial charge in [0, 0.05) is 25.4 Å². The van der Waals surface area contributed by atoms with Crippen molar-refractivity contribution in [2.45, 2.75) is 19.5 Å². The van der Waals surface area contributed by atoms with E-state index >= 15 is 0 Å². The van der Waals surface area contributed by atoms with Crippen LogP contribution in [0.2, 0.25) is 0 Å². The highest BCUT2D eigenvalue weighted by atomic mass is 15.2. The minimum absolute atomic E-state index is 0.116. The Balaban J connectivity index is 2.39. The number of aryl methyl sites for hydroxylation is 1. The molecule has 1 N–H and O–H groups in total. The highest BCUT2D eigenvalue weighted by Gasteiger charge is 1.97. The lowest BCUT2D eigenvalue weighted by atomic mass is 10.3. The largest absolute Gasteiger partial charge is 0.300 e. The average molecular weight is 163 g/mol. The molecule has 0 saturated carbocycles. The molecule has 0 bridgehead atoms. The molecular weight excluding hydrogens is 150 g/mol. The summed E-state index contributed by atoms with van der Waals surface area (Å²) in [4.78, 5) is 0. The summed E-state index contributed by atoms with van der Waals surface area (Å²) in [5.74, 6) is 2.60. The number of hydrogen-bond acceptors (Lipinski definition) is 2. The van der Waals surface area contributed by atoms with E-state index in [2.05, 4.69) is 16.3 Å². The van der Waals surface area contributed by atoms with Gasteiger partial charge in [0.25, 0.3) is 0 Å². The molecule has 0 aromatic carbocycles. The minimum Gasteiger partial charge on any atom is -0.300 e. The van der Waals surface area contributed by atoms with Gasteiger partial charge in [0.05, 0.1) is 12.2 Å². The molecular formula is C9H13N3. The Bertz CT molecular complexity index is 282. The van der Waals surface area contributed by atoms with E-state index < -0.39 is 0 Å². The maximum atomic E-state index is 5.21. The van der Waals surface area contributed by atoms with Crippen molar-refractivity contribution in [3.63, 3.8) is 0 Å². The van der Waals surface area contributed by atoms with Crippen LogP contribution in [0.1, 0.15) is 12.5 Å². The lowest BCUT2D eigenvalue weighted by Gasteiger charge is -2.04. The highest BCUT2D eigenvalue weighted by molar-refractivity contribution is 5.05. The first kappa shape index (κ1) is 8.82. The molecule has 0 amide bonds. The minimum atomic E-state index is 0.116. The van der Waals surface area contributed by atoms with Crippen molar-refractivity contribution in [3.05, 3.63) is 18.0 Å². The third-order valence-electron chi connectivity index (χ3n) is 1.62. The normalized spacial score (nSPS) is 12.4. The van der Waals surface area contributed by atoms with Crippen molar-refractivity contribution in [3.8, 4) is 12.3 Å². The summed E-state index contributed by atoms with van der Waals surface area (Å²) in [6, 6.07) is 0.116. The Labute approximate surface area is 72.8 Å². The zero-order chi connectivity index (χ0) is 8.97. The summed E-state index contributed by atoms with van der Waals surface area (Å²) in [7, 11) is 1.90. The summed E-state index contributed by atoms with van der Waals surface area (Å²) >= 11 is 0. The second-order valence-corrected chi connectivity index (χ2v) is 2.79. The van der Waals surface area contributed by atoms with Crippen LogP contribution in [0.3, 0.4) is 0 Å². The van der Waals surface area contributed by atoms with Crippen LogP contribution >= 0.6 is 0 Å². The average Bonchev–Trinajstić information content (AvgIpc) is 2.47. The number of terminal acetylenes is 1. The van der Waals surface area contributed by atoms with Gasteiger partial charge in [-0.3, -0.25) is 10.00 Å². The van der Waals surface area contributed by atoms with Crippen LogP contribution in [0.25, 0.3) is 0 Å². The van der Waals surface area contributed by atoms with E-state index in [1.807, 2.05) is 26.4 Å². The van der Waals surface area contributed by atoms with E-state index in [1.54, 1.807) is 4.68 Å². The van der Waals surface area contributed by atoms with Crippen LogP contribution in [0, 0.1) is 12.3 Å². The topological polar surface area (TPSA) is 29.9 Å². The molecule has 1 unspecified atom stereocenters. The van der Waals surface area contributed by atoms with E-state index in [9.17, 15) is 0 Å². The first-order valence-electron chi connectivity index (χ1n) is 3.89. The lowest BCUT2D eigenvalue weighted by Crippen LogP contribution is -2.23.